The van der Waals surface area contributed by atoms with Gasteiger partial charge in [-0.1, -0.05) is 84.2 Å². The SMILES string of the molecule is CCC(Sc1cccc(NC(=O)/C(=C\c2cccc(Cl)c2Cl)NC(=O)c2ccccc2)c1)C(=O)Nc1ccc(C)cc1. The minimum atomic E-state index is -0.554. The van der Waals surface area contributed by atoms with Crippen molar-refractivity contribution < 1.29 is 14.4 Å². The molecule has 0 saturated carbocycles. The lowest BCUT2D eigenvalue weighted by atomic mass is 10.1. The second kappa shape index (κ2) is 14.7. The molecule has 3 N–H and O–H groups in total. The van der Waals surface area contributed by atoms with Gasteiger partial charge in [0.2, 0.25) is 5.91 Å². The van der Waals surface area contributed by atoms with Crippen molar-refractivity contribution >= 4 is 70.1 Å². The van der Waals surface area contributed by atoms with Crippen LogP contribution in [0.15, 0.2) is 108 Å². The lowest BCUT2D eigenvalue weighted by Gasteiger charge is -2.16. The van der Waals surface area contributed by atoms with E-state index >= 15 is 0 Å². The van der Waals surface area contributed by atoms with E-state index < -0.39 is 11.8 Å². The first-order valence-corrected chi connectivity index (χ1v) is 14.8. The molecule has 0 aliphatic rings. The van der Waals surface area contributed by atoms with E-state index in [1.54, 1.807) is 66.7 Å². The van der Waals surface area contributed by atoms with Gasteiger partial charge < -0.3 is 16.0 Å². The van der Waals surface area contributed by atoms with E-state index in [0.29, 0.717) is 28.3 Å². The van der Waals surface area contributed by atoms with E-state index in [1.807, 2.05) is 44.2 Å². The number of benzene rings is 4. The van der Waals surface area contributed by atoms with Gasteiger partial charge in [0, 0.05) is 21.8 Å². The molecular weight excluding hydrogens is 589 g/mol. The van der Waals surface area contributed by atoms with Crippen molar-refractivity contribution in [3.63, 3.8) is 0 Å². The zero-order valence-corrected chi connectivity index (χ0v) is 25.3. The summed E-state index contributed by atoms with van der Waals surface area (Å²) in [5, 5.41) is 8.74. The maximum absolute atomic E-state index is 13.5. The first-order valence-electron chi connectivity index (χ1n) is 13.2. The molecular formula is C33H29Cl2N3O3S. The van der Waals surface area contributed by atoms with E-state index in [1.165, 1.54) is 17.8 Å². The van der Waals surface area contributed by atoms with Gasteiger partial charge in [0.1, 0.15) is 5.70 Å². The number of nitrogens with one attached hydrogen (secondary N) is 3. The molecule has 0 fully saturated rings. The number of rotatable bonds is 10. The van der Waals surface area contributed by atoms with Crippen LogP contribution in [-0.2, 0) is 9.59 Å². The summed E-state index contributed by atoms with van der Waals surface area (Å²) >= 11 is 13.9. The molecule has 9 heteroatoms. The fourth-order valence-corrected chi connectivity index (χ4v) is 5.30. The van der Waals surface area contributed by atoms with Crippen molar-refractivity contribution in [2.45, 2.75) is 30.4 Å². The Kier molecular flexibility index (Phi) is 10.8. The molecule has 1 unspecified atom stereocenters. The Morgan fingerprint density at radius 2 is 1.55 bits per heavy atom. The van der Waals surface area contributed by atoms with Crippen LogP contribution >= 0.6 is 35.0 Å². The normalized spacial score (nSPS) is 11.9. The highest BCUT2D eigenvalue weighted by molar-refractivity contribution is 8.00. The minimum absolute atomic E-state index is 0.0185. The quantitative estimate of drug-likeness (QED) is 0.124. The van der Waals surface area contributed by atoms with Crippen LogP contribution in [0, 0.1) is 6.92 Å². The van der Waals surface area contributed by atoms with Gasteiger partial charge in [-0.15, -0.1) is 11.8 Å². The summed E-state index contributed by atoms with van der Waals surface area (Å²) in [6.45, 7) is 3.94. The molecule has 0 radical (unpaired) electrons. The van der Waals surface area contributed by atoms with Crippen LogP contribution in [0.4, 0.5) is 11.4 Å². The summed E-state index contributed by atoms with van der Waals surface area (Å²) in [4.78, 5) is 40.2. The smallest absolute Gasteiger partial charge is 0.272 e. The Morgan fingerprint density at radius 1 is 0.833 bits per heavy atom. The molecule has 0 bridgehead atoms. The highest BCUT2D eigenvalue weighted by Crippen LogP contribution is 2.30. The molecule has 0 aliphatic carbocycles. The Bertz CT molecular complexity index is 1610. The van der Waals surface area contributed by atoms with Crippen molar-refractivity contribution in [2.75, 3.05) is 10.6 Å². The second-order valence-corrected chi connectivity index (χ2v) is 11.4. The number of anilines is 2. The standard InChI is InChI=1S/C33H29Cl2N3O3S/c1-3-29(33(41)36-24-17-15-21(2)16-18-24)42-26-13-8-12-25(20-26)37-32(40)28(19-23-11-7-14-27(34)30(23)35)38-31(39)22-9-5-4-6-10-22/h4-20,29H,3H2,1-2H3,(H,36,41)(H,37,40)(H,38,39)/b28-19+. The Hall–Kier alpha value is -4.04. The summed E-state index contributed by atoms with van der Waals surface area (Å²) in [6.07, 6.45) is 2.09. The maximum atomic E-state index is 13.5. The van der Waals surface area contributed by atoms with E-state index in [2.05, 4.69) is 16.0 Å². The van der Waals surface area contributed by atoms with Crippen LogP contribution in [-0.4, -0.2) is 23.0 Å². The molecule has 6 nitrogen and oxygen atoms in total. The lowest BCUT2D eigenvalue weighted by molar-refractivity contribution is -0.116. The Balaban J connectivity index is 1.52. The second-order valence-electron chi connectivity index (χ2n) is 9.37. The zero-order valence-electron chi connectivity index (χ0n) is 23.0. The predicted molar refractivity (Wildman–Crippen MR) is 173 cm³/mol. The summed E-state index contributed by atoms with van der Waals surface area (Å²) in [6, 6.07) is 28.4. The third-order valence-corrected chi connectivity index (χ3v) is 8.35. The van der Waals surface area contributed by atoms with Crippen LogP contribution in [0.1, 0.15) is 34.8 Å². The molecule has 4 rings (SSSR count). The number of carbonyl (C=O) groups excluding carboxylic acids is 3. The van der Waals surface area contributed by atoms with Crippen molar-refractivity contribution in [1.29, 1.82) is 0 Å². The molecule has 0 aliphatic heterocycles. The number of hydrogen-bond acceptors (Lipinski definition) is 4. The van der Waals surface area contributed by atoms with Gasteiger partial charge in [-0.25, -0.2) is 0 Å². The molecule has 0 spiro atoms. The topological polar surface area (TPSA) is 87.3 Å². The van der Waals surface area contributed by atoms with E-state index in [0.717, 1.165) is 16.1 Å². The molecule has 3 amide bonds. The van der Waals surface area contributed by atoms with Crippen molar-refractivity contribution in [3.05, 3.63) is 129 Å². The van der Waals surface area contributed by atoms with Gasteiger partial charge in [0.25, 0.3) is 11.8 Å². The van der Waals surface area contributed by atoms with Crippen LogP contribution < -0.4 is 16.0 Å². The van der Waals surface area contributed by atoms with Gasteiger partial charge in [-0.3, -0.25) is 14.4 Å². The average molecular weight is 619 g/mol. The molecule has 214 valence electrons. The fraction of sp³-hybridized carbons (Fsp3) is 0.121. The van der Waals surface area contributed by atoms with Crippen LogP contribution in [0.2, 0.25) is 10.0 Å². The summed E-state index contributed by atoms with van der Waals surface area (Å²) < 4.78 is 0. The van der Waals surface area contributed by atoms with Gasteiger partial charge in [-0.05, 0) is 73.5 Å². The van der Waals surface area contributed by atoms with Crippen molar-refractivity contribution in [1.82, 2.24) is 5.32 Å². The fourth-order valence-electron chi connectivity index (χ4n) is 3.92. The third-order valence-electron chi connectivity index (χ3n) is 6.16. The first kappa shape index (κ1) is 30.9. The number of halogens is 2. The maximum Gasteiger partial charge on any atom is 0.272 e. The first-order chi connectivity index (χ1) is 20.2. The van der Waals surface area contributed by atoms with E-state index in [-0.39, 0.29) is 21.9 Å². The van der Waals surface area contributed by atoms with Gasteiger partial charge in [0.15, 0.2) is 0 Å². The molecule has 1 atom stereocenters. The number of aryl methyl sites for hydroxylation is 1. The zero-order chi connectivity index (χ0) is 30.1. The van der Waals surface area contributed by atoms with Gasteiger partial charge >= 0.3 is 0 Å². The van der Waals surface area contributed by atoms with Crippen molar-refractivity contribution in [2.24, 2.45) is 0 Å². The molecule has 4 aromatic carbocycles. The van der Waals surface area contributed by atoms with Crippen molar-refractivity contribution in [3.8, 4) is 0 Å². The average Bonchev–Trinajstić information content (AvgIpc) is 2.99. The summed E-state index contributed by atoms with van der Waals surface area (Å²) in [5.74, 6) is -1.11. The molecule has 0 heterocycles. The monoisotopic (exact) mass is 617 g/mol. The van der Waals surface area contributed by atoms with E-state index in [4.69, 9.17) is 23.2 Å². The number of hydrogen-bond donors (Lipinski definition) is 3. The summed E-state index contributed by atoms with van der Waals surface area (Å²) in [5.41, 5.74) is 3.19. The van der Waals surface area contributed by atoms with Crippen LogP contribution in [0.5, 0.6) is 0 Å². The number of carbonyl (C=O) groups is 3. The van der Waals surface area contributed by atoms with Crippen LogP contribution in [0.25, 0.3) is 6.08 Å². The summed E-state index contributed by atoms with van der Waals surface area (Å²) in [7, 11) is 0. The van der Waals surface area contributed by atoms with E-state index in [9.17, 15) is 14.4 Å². The van der Waals surface area contributed by atoms with Crippen LogP contribution in [0.3, 0.4) is 0 Å². The highest BCUT2D eigenvalue weighted by Gasteiger charge is 2.20. The third kappa shape index (κ3) is 8.49. The molecule has 0 saturated heterocycles. The minimum Gasteiger partial charge on any atom is -0.325 e. The molecule has 4 aromatic rings. The Morgan fingerprint density at radius 3 is 2.26 bits per heavy atom. The van der Waals surface area contributed by atoms with Gasteiger partial charge in [-0.2, -0.15) is 0 Å². The highest BCUT2D eigenvalue weighted by atomic mass is 35.5. The lowest BCUT2D eigenvalue weighted by Crippen LogP contribution is -2.30. The van der Waals surface area contributed by atoms with Gasteiger partial charge in [0.05, 0.1) is 15.3 Å². The largest absolute Gasteiger partial charge is 0.325 e. The predicted octanol–water partition coefficient (Wildman–Crippen LogP) is 8.22. The number of thioether (sulfide) groups is 1. The Labute approximate surface area is 259 Å². The molecule has 0 aromatic heterocycles. The molecule has 42 heavy (non-hydrogen) atoms. The number of amides is 3.